The first kappa shape index (κ1) is 14.0. The molecule has 1 rings (SSSR count). The number of hydrogen-bond donors (Lipinski definition) is 2. The van der Waals surface area contributed by atoms with E-state index in [2.05, 4.69) is 38.6 Å². The normalized spacial score (nSPS) is 35.2. The Morgan fingerprint density at radius 1 is 0.750 bits per heavy atom. The lowest BCUT2D eigenvalue weighted by atomic mass is 9.66. The highest BCUT2D eigenvalue weighted by Crippen LogP contribution is 2.40. The predicted molar refractivity (Wildman–Crippen MR) is 71.6 cm³/mol. The second kappa shape index (κ2) is 7.29. The van der Waals surface area contributed by atoms with Crippen LogP contribution < -0.4 is 10.6 Å². The molecule has 2 heteroatoms. The van der Waals surface area contributed by atoms with Crippen LogP contribution in [0, 0.1) is 23.7 Å². The first-order valence-electron chi connectivity index (χ1n) is 7.05. The Kier molecular flexibility index (Phi) is 6.37. The van der Waals surface area contributed by atoms with E-state index in [0.717, 1.165) is 23.7 Å². The standard InChI is InChI=1S/C14H30N2/c1-5-11-7-13(9-15-3)14(10-16-4)8-12(11)6-2/h11-16H,5-10H2,1-4H3. The molecule has 0 amide bonds. The summed E-state index contributed by atoms with van der Waals surface area (Å²) in [4.78, 5) is 0. The van der Waals surface area contributed by atoms with E-state index >= 15 is 0 Å². The van der Waals surface area contributed by atoms with Crippen molar-refractivity contribution in [3.63, 3.8) is 0 Å². The van der Waals surface area contributed by atoms with Crippen molar-refractivity contribution in [2.45, 2.75) is 39.5 Å². The van der Waals surface area contributed by atoms with Crippen LogP contribution in [0.3, 0.4) is 0 Å². The predicted octanol–water partition coefficient (Wildman–Crippen LogP) is 2.50. The smallest absolute Gasteiger partial charge is 0.00203 e. The van der Waals surface area contributed by atoms with Gasteiger partial charge in [-0.25, -0.2) is 0 Å². The molecule has 1 aliphatic rings. The lowest BCUT2D eigenvalue weighted by Gasteiger charge is -2.41. The van der Waals surface area contributed by atoms with Crippen molar-refractivity contribution in [3.8, 4) is 0 Å². The molecule has 0 aliphatic heterocycles. The molecule has 1 fully saturated rings. The third-order valence-corrected chi connectivity index (χ3v) is 4.53. The first-order chi connectivity index (χ1) is 7.76. The van der Waals surface area contributed by atoms with Gasteiger partial charge >= 0.3 is 0 Å². The van der Waals surface area contributed by atoms with Crippen molar-refractivity contribution >= 4 is 0 Å². The lowest BCUT2D eigenvalue weighted by Crippen LogP contribution is -2.40. The lowest BCUT2D eigenvalue weighted by molar-refractivity contribution is 0.105. The summed E-state index contributed by atoms with van der Waals surface area (Å²) in [6.07, 6.45) is 5.60. The Bertz CT molecular complexity index is 162. The summed E-state index contributed by atoms with van der Waals surface area (Å²) in [7, 11) is 4.17. The Balaban J connectivity index is 2.60. The van der Waals surface area contributed by atoms with Crippen LogP contribution >= 0.6 is 0 Å². The minimum atomic E-state index is 0.880. The van der Waals surface area contributed by atoms with E-state index < -0.39 is 0 Å². The zero-order valence-electron chi connectivity index (χ0n) is 11.6. The van der Waals surface area contributed by atoms with Gasteiger partial charge in [0.15, 0.2) is 0 Å². The third-order valence-electron chi connectivity index (χ3n) is 4.53. The Morgan fingerprint density at radius 3 is 1.38 bits per heavy atom. The summed E-state index contributed by atoms with van der Waals surface area (Å²) in [6.45, 7) is 7.11. The van der Waals surface area contributed by atoms with Gasteiger partial charge in [0.2, 0.25) is 0 Å². The molecule has 0 aromatic heterocycles. The van der Waals surface area contributed by atoms with Gasteiger partial charge in [-0.1, -0.05) is 26.7 Å². The first-order valence-corrected chi connectivity index (χ1v) is 7.05. The van der Waals surface area contributed by atoms with Crippen LogP contribution in [0.25, 0.3) is 0 Å². The average Bonchev–Trinajstić information content (AvgIpc) is 2.31. The van der Waals surface area contributed by atoms with Gasteiger partial charge < -0.3 is 10.6 Å². The molecule has 0 spiro atoms. The van der Waals surface area contributed by atoms with Crippen molar-refractivity contribution in [3.05, 3.63) is 0 Å². The summed E-state index contributed by atoms with van der Waals surface area (Å²) in [5.74, 6) is 3.70. The van der Waals surface area contributed by atoms with Gasteiger partial charge in [-0.05, 0) is 63.7 Å². The minimum absolute atomic E-state index is 0.880. The maximum Gasteiger partial charge on any atom is -0.00203 e. The minimum Gasteiger partial charge on any atom is -0.319 e. The highest BCUT2D eigenvalue weighted by molar-refractivity contribution is 4.86. The Hall–Kier alpha value is -0.0800. The number of hydrogen-bond acceptors (Lipinski definition) is 2. The van der Waals surface area contributed by atoms with Gasteiger partial charge in [0.1, 0.15) is 0 Å². The highest BCUT2D eigenvalue weighted by atomic mass is 14.8. The fourth-order valence-corrected chi connectivity index (χ4v) is 3.57. The SMILES string of the molecule is CCC1CC(CNC)C(CNC)CC1CC. The van der Waals surface area contributed by atoms with Crippen LogP contribution in [0.1, 0.15) is 39.5 Å². The fraction of sp³-hybridized carbons (Fsp3) is 1.00. The maximum absolute atomic E-state index is 3.38. The van der Waals surface area contributed by atoms with Gasteiger partial charge in [-0.3, -0.25) is 0 Å². The molecule has 0 bridgehead atoms. The van der Waals surface area contributed by atoms with Crippen molar-refractivity contribution < 1.29 is 0 Å². The number of rotatable bonds is 6. The van der Waals surface area contributed by atoms with E-state index in [0.29, 0.717) is 0 Å². The highest BCUT2D eigenvalue weighted by Gasteiger charge is 2.34. The Morgan fingerprint density at radius 2 is 1.12 bits per heavy atom. The molecule has 0 radical (unpaired) electrons. The maximum atomic E-state index is 3.38. The fourth-order valence-electron chi connectivity index (χ4n) is 3.57. The van der Waals surface area contributed by atoms with Crippen molar-refractivity contribution in [2.75, 3.05) is 27.2 Å². The second-order valence-electron chi connectivity index (χ2n) is 5.44. The van der Waals surface area contributed by atoms with Crippen LogP contribution in [0.4, 0.5) is 0 Å². The molecular formula is C14H30N2. The van der Waals surface area contributed by atoms with Crippen LogP contribution in [-0.4, -0.2) is 27.2 Å². The van der Waals surface area contributed by atoms with Gasteiger partial charge in [0.05, 0.1) is 0 Å². The van der Waals surface area contributed by atoms with Crippen LogP contribution in [0.2, 0.25) is 0 Å². The summed E-state index contributed by atoms with van der Waals surface area (Å²) < 4.78 is 0. The van der Waals surface area contributed by atoms with Gasteiger partial charge in [0, 0.05) is 0 Å². The molecular weight excluding hydrogens is 196 g/mol. The van der Waals surface area contributed by atoms with Crippen molar-refractivity contribution in [1.29, 1.82) is 0 Å². The quantitative estimate of drug-likeness (QED) is 0.727. The van der Waals surface area contributed by atoms with E-state index in [1.54, 1.807) is 0 Å². The van der Waals surface area contributed by atoms with E-state index in [-0.39, 0.29) is 0 Å². The van der Waals surface area contributed by atoms with Crippen LogP contribution in [-0.2, 0) is 0 Å². The van der Waals surface area contributed by atoms with E-state index in [1.165, 1.54) is 38.8 Å². The topological polar surface area (TPSA) is 24.1 Å². The Labute approximate surface area is 102 Å². The number of nitrogens with one attached hydrogen (secondary N) is 2. The van der Waals surface area contributed by atoms with Crippen LogP contribution in [0.15, 0.2) is 0 Å². The average molecular weight is 226 g/mol. The molecule has 2 N–H and O–H groups in total. The largest absolute Gasteiger partial charge is 0.319 e. The molecule has 1 saturated carbocycles. The zero-order valence-corrected chi connectivity index (χ0v) is 11.6. The summed E-state index contributed by atoms with van der Waals surface area (Å²) in [5.41, 5.74) is 0. The van der Waals surface area contributed by atoms with E-state index in [9.17, 15) is 0 Å². The van der Waals surface area contributed by atoms with Gasteiger partial charge in [-0.15, -0.1) is 0 Å². The summed E-state index contributed by atoms with van der Waals surface area (Å²) >= 11 is 0. The molecule has 0 heterocycles. The van der Waals surface area contributed by atoms with Crippen LogP contribution in [0.5, 0.6) is 0 Å². The zero-order chi connectivity index (χ0) is 12.0. The van der Waals surface area contributed by atoms with Gasteiger partial charge in [0.25, 0.3) is 0 Å². The monoisotopic (exact) mass is 226 g/mol. The van der Waals surface area contributed by atoms with Crippen molar-refractivity contribution in [1.82, 2.24) is 10.6 Å². The molecule has 2 nitrogen and oxygen atoms in total. The molecule has 0 aromatic carbocycles. The summed E-state index contributed by atoms with van der Waals surface area (Å²) in [5, 5.41) is 6.75. The molecule has 0 aromatic rings. The molecule has 1 aliphatic carbocycles. The molecule has 96 valence electrons. The molecule has 16 heavy (non-hydrogen) atoms. The second-order valence-corrected chi connectivity index (χ2v) is 5.44. The van der Waals surface area contributed by atoms with Crippen molar-refractivity contribution in [2.24, 2.45) is 23.7 Å². The molecule has 4 unspecified atom stereocenters. The molecule has 0 saturated heterocycles. The third kappa shape index (κ3) is 3.46. The van der Waals surface area contributed by atoms with E-state index in [4.69, 9.17) is 0 Å². The molecule has 4 atom stereocenters. The van der Waals surface area contributed by atoms with Gasteiger partial charge in [-0.2, -0.15) is 0 Å². The van der Waals surface area contributed by atoms with E-state index in [1.807, 2.05) is 0 Å². The summed E-state index contributed by atoms with van der Waals surface area (Å²) in [6, 6.07) is 0.